The number of aromatic nitrogens is 1. The van der Waals surface area contributed by atoms with Crippen LogP contribution in [-0.2, 0) is 9.59 Å². The first-order valence-electron chi connectivity index (χ1n) is 9.22. The van der Waals surface area contributed by atoms with Gasteiger partial charge < -0.3 is 14.9 Å². The SMILES string of the molecule is Cc1ccc(C)c(C(O)=C2C(=O)C(=O)N(CCN(C)C)C2c2cccnc2)c1. The number of benzene rings is 1. The summed E-state index contributed by atoms with van der Waals surface area (Å²) in [4.78, 5) is 33.3. The number of aliphatic hydroxyl groups excluding tert-OH is 1. The topological polar surface area (TPSA) is 73.7 Å². The first-order valence-corrected chi connectivity index (χ1v) is 9.22. The summed E-state index contributed by atoms with van der Waals surface area (Å²) in [5.74, 6) is -1.39. The highest BCUT2D eigenvalue weighted by Gasteiger charge is 2.46. The van der Waals surface area contributed by atoms with Crippen LogP contribution in [0, 0.1) is 13.8 Å². The molecule has 0 saturated carbocycles. The number of ketones is 1. The van der Waals surface area contributed by atoms with Gasteiger partial charge in [-0.05, 0) is 51.2 Å². The Bertz CT molecular complexity index is 935. The lowest BCUT2D eigenvalue weighted by molar-refractivity contribution is -0.140. The molecule has 0 aliphatic carbocycles. The fraction of sp³-hybridized carbons (Fsp3) is 0.318. The van der Waals surface area contributed by atoms with Gasteiger partial charge in [0.25, 0.3) is 11.7 Å². The normalized spacial score (nSPS) is 18.9. The van der Waals surface area contributed by atoms with Crippen molar-refractivity contribution in [3.05, 3.63) is 70.6 Å². The lowest BCUT2D eigenvalue weighted by atomic mass is 9.94. The second-order valence-corrected chi connectivity index (χ2v) is 7.40. The number of rotatable bonds is 5. The van der Waals surface area contributed by atoms with Gasteiger partial charge in [-0.25, -0.2) is 0 Å². The van der Waals surface area contributed by atoms with Crippen molar-refractivity contribution in [3.63, 3.8) is 0 Å². The molecule has 1 aliphatic heterocycles. The number of Topliss-reactive ketones (excluding diaryl/α,β-unsaturated/α-hetero) is 1. The zero-order valence-corrected chi connectivity index (χ0v) is 16.6. The van der Waals surface area contributed by atoms with E-state index in [4.69, 9.17) is 0 Å². The van der Waals surface area contributed by atoms with E-state index in [0.29, 0.717) is 24.2 Å². The molecule has 1 fully saturated rings. The summed E-state index contributed by atoms with van der Waals surface area (Å²) in [5.41, 5.74) is 3.19. The molecule has 146 valence electrons. The van der Waals surface area contributed by atoms with E-state index in [2.05, 4.69) is 4.98 Å². The maximum atomic E-state index is 12.9. The van der Waals surface area contributed by atoms with Gasteiger partial charge in [-0.2, -0.15) is 0 Å². The van der Waals surface area contributed by atoms with Crippen molar-refractivity contribution in [3.8, 4) is 0 Å². The Kier molecular flexibility index (Phi) is 5.61. The van der Waals surface area contributed by atoms with Crippen LogP contribution in [0.15, 0.2) is 48.3 Å². The Morgan fingerprint density at radius 2 is 1.96 bits per heavy atom. The summed E-state index contributed by atoms with van der Waals surface area (Å²) >= 11 is 0. The number of nitrogens with zero attached hydrogens (tertiary/aromatic N) is 3. The lowest BCUT2D eigenvalue weighted by Gasteiger charge is -2.26. The maximum Gasteiger partial charge on any atom is 0.295 e. The molecule has 2 aromatic rings. The first-order chi connectivity index (χ1) is 13.3. The highest BCUT2D eigenvalue weighted by atomic mass is 16.3. The minimum Gasteiger partial charge on any atom is -0.507 e. The number of pyridine rings is 1. The van der Waals surface area contributed by atoms with E-state index in [-0.39, 0.29) is 11.3 Å². The van der Waals surface area contributed by atoms with Crippen molar-refractivity contribution in [1.29, 1.82) is 0 Å². The quantitative estimate of drug-likeness (QED) is 0.491. The number of carbonyl (C=O) groups excluding carboxylic acids is 2. The third-order valence-electron chi connectivity index (χ3n) is 4.98. The highest BCUT2D eigenvalue weighted by Crippen LogP contribution is 2.39. The Labute approximate surface area is 165 Å². The van der Waals surface area contributed by atoms with E-state index >= 15 is 0 Å². The minimum absolute atomic E-state index is 0.116. The average molecular weight is 379 g/mol. The Balaban J connectivity index is 2.18. The summed E-state index contributed by atoms with van der Waals surface area (Å²) in [6, 6.07) is 8.60. The second-order valence-electron chi connectivity index (χ2n) is 7.40. The van der Waals surface area contributed by atoms with Crippen LogP contribution in [0.25, 0.3) is 5.76 Å². The van der Waals surface area contributed by atoms with E-state index in [9.17, 15) is 14.7 Å². The molecule has 3 rings (SSSR count). The molecule has 1 aromatic carbocycles. The van der Waals surface area contributed by atoms with Gasteiger partial charge >= 0.3 is 0 Å². The fourth-order valence-electron chi connectivity index (χ4n) is 3.44. The fourth-order valence-corrected chi connectivity index (χ4v) is 3.44. The maximum absolute atomic E-state index is 12.9. The number of hydrogen-bond donors (Lipinski definition) is 1. The van der Waals surface area contributed by atoms with Gasteiger partial charge in [0, 0.05) is 31.0 Å². The average Bonchev–Trinajstić information content (AvgIpc) is 2.93. The standard InChI is InChI=1S/C22H25N3O3/c1-14-7-8-15(2)17(12-14)20(26)18-19(16-6-5-9-23-13-16)25(11-10-24(3)4)22(28)21(18)27/h5-9,12-13,19,26H,10-11H2,1-4H3. The van der Waals surface area contributed by atoms with Crippen molar-refractivity contribution in [2.75, 3.05) is 27.2 Å². The van der Waals surface area contributed by atoms with Crippen molar-refractivity contribution < 1.29 is 14.7 Å². The predicted molar refractivity (Wildman–Crippen MR) is 108 cm³/mol. The molecular formula is C22H25N3O3. The number of likely N-dealkylation sites (N-methyl/N-ethyl adjacent to an activating group) is 1. The van der Waals surface area contributed by atoms with Gasteiger partial charge in [0.15, 0.2) is 0 Å². The Morgan fingerprint density at radius 3 is 2.61 bits per heavy atom. The van der Waals surface area contributed by atoms with Gasteiger partial charge in [-0.1, -0.05) is 23.8 Å². The smallest absolute Gasteiger partial charge is 0.295 e. The van der Waals surface area contributed by atoms with Crippen LogP contribution in [0.5, 0.6) is 0 Å². The van der Waals surface area contributed by atoms with Gasteiger partial charge in [-0.3, -0.25) is 14.6 Å². The largest absolute Gasteiger partial charge is 0.507 e. The molecule has 1 unspecified atom stereocenters. The molecule has 1 saturated heterocycles. The molecule has 1 amide bonds. The van der Waals surface area contributed by atoms with Crippen LogP contribution in [0.1, 0.15) is 28.3 Å². The third kappa shape index (κ3) is 3.68. The first kappa shape index (κ1) is 19.8. The lowest BCUT2D eigenvalue weighted by Crippen LogP contribution is -2.35. The van der Waals surface area contributed by atoms with Crippen LogP contribution >= 0.6 is 0 Å². The number of hydrogen-bond acceptors (Lipinski definition) is 5. The molecule has 1 aliphatic rings. The molecule has 0 bridgehead atoms. The Hall–Kier alpha value is -2.99. The van der Waals surface area contributed by atoms with Gasteiger partial charge in [-0.15, -0.1) is 0 Å². The molecule has 1 aromatic heterocycles. The van der Waals surface area contributed by atoms with Crippen molar-refractivity contribution >= 4 is 17.4 Å². The van der Waals surface area contributed by atoms with E-state index < -0.39 is 17.7 Å². The summed E-state index contributed by atoms with van der Waals surface area (Å²) in [5, 5.41) is 11.1. The summed E-state index contributed by atoms with van der Waals surface area (Å²) in [7, 11) is 3.82. The minimum atomic E-state index is -0.661. The number of carbonyl (C=O) groups is 2. The summed E-state index contributed by atoms with van der Waals surface area (Å²) < 4.78 is 0. The van der Waals surface area contributed by atoms with E-state index in [1.54, 1.807) is 18.5 Å². The van der Waals surface area contributed by atoms with Crippen LogP contribution in [0.2, 0.25) is 0 Å². The molecular weight excluding hydrogens is 354 g/mol. The number of aryl methyl sites for hydroxylation is 2. The van der Waals surface area contributed by atoms with Gasteiger partial charge in [0.1, 0.15) is 5.76 Å². The van der Waals surface area contributed by atoms with E-state index in [0.717, 1.165) is 11.1 Å². The van der Waals surface area contributed by atoms with Crippen molar-refractivity contribution in [2.45, 2.75) is 19.9 Å². The number of aliphatic hydroxyl groups is 1. The second kappa shape index (κ2) is 7.94. The Morgan fingerprint density at radius 1 is 1.21 bits per heavy atom. The number of likely N-dealkylation sites (tertiary alicyclic amines) is 1. The third-order valence-corrected chi connectivity index (χ3v) is 4.98. The molecule has 28 heavy (non-hydrogen) atoms. The van der Waals surface area contributed by atoms with Crippen LogP contribution in [0.3, 0.4) is 0 Å². The molecule has 6 heteroatoms. The van der Waals surface area contributed by atoms with E-state index in [1.165, 1.54) is 4.90 Å². The highest BCUT2D eigenvalue weighted by molar-refractivity contribution is 6.46. The number of amides is 1. The van der Waals surface area contributed by atoms with Crippen molar-refractivity contribution in [2.24, 2.45) is 0 Å². The molecule has 6 nitrogen and oxygen atoms in total. The zero-order valence-electron chi connectivity index (χ0n) is 16.6. The van der Waals surface area contributed by atoms with Gasteiger partial charge in [0.05, 0.1) is 11.6 Å². The van der Waals surface area contributed by atoms with Gasteiger partial charge in [0.2, 0.25) is 0 Å². The molecule has 2 heterocycles. The predicted octanol–water partition coefficient (Wildman–Crippen LogP) is 2.68. The van der Waals surface area contributed by atoms with Crippen LogP contribution in [-0.4, -0.2) is 58.8 Å². The summed E-state index contributed by atoms with van der Waals surface area (Å²) in [6.45, 7) is 4.77. The zero-order chi connectivity index (χ0) is 20.4. The molecule has 0 radical (unpaired) electrons. The van der Waals surface area contributed by atoms with Crippen LogP contribution in [0.4, 0.5) is 0 Å². The molecule has 1 N–H and O–H groups in total. The summed E-state index contributed by atoms with van der Waals surface area (Å²) in [6.07, 6.45) is 3.27. The van der Waals surface area contributed by atoms with Crippen molar-refractivity contribution in [1.82, 2.24) is 14.8 Å². The molecule has 1 atom stereocenters. The van der Waals surface area contributed by atoms with Crippen LogP contribution < -0.4 is 0 Å². The molecule has 0 spiro atoms. The monoisotopic (exact) mass is 379 g/mol. The van der Waals surface area contributed by atoms with E-state index in [1.807, 2.05) is 57.1 Å².